The van der Waals surface area contributed by atoms with Gasteiger partial charge in [-0.3, -0.25) is 4.79 Å². The van der Waals surface area contributed by atoms with Gasteiger partial charge in [0.2, 0.25) is 0 Å². The van der Waals surface area contributed by atoms with Crippen LogP contribution in [-0.4, -0.2) is 33.0 Å². The van der Waals surface area contributed by atoms with E-state index in [1.165, 1.54) is 11.4 Å². The van der Waals surface area contributed by atoms with Gasteiger partial charge in [0.05, 0.1) is 14.1 Å². The summed E-state index contributed by atoms with van der Waals surface area (Å²) in [5, 5.41) is 3.79. The summed E-state index contributed by atoms with van der Waals surface area (Å²) in [6.45, 7) is 0. The van der Waals surface area contributed by atoms with Crippen LogP contribution in [0.1, 0.15) is 9.67 Å². The van der Waals surface area contributed by atoms with E-state index in [-0.39, 0.29) is 16.3 Å². The molecule has 0 unspecified atom stereocenters. The summed E-state index contributed by atoms with van der Waals surface area (Å²) in [5.74, 6) is -2.92. The first kappa shape index (κ1) is 17.5. The molecule has 0 fully saturated rings. The van der Waals surface area contributed by atoms with Crippen LogP contribution in [-0.2, 0) is 10.3 Å². The predicted molar refractivity (Wildman–Crippen MR) is 82.0 cm³/mol. The van der Waals surface area contributed by atoms with Crippen LogP contribution < -0.4 is 9.21 Å². The van der Waals surface area contributed by atoms with Crippen molar-refractivity contribution >= 4 is 38.9 Å². The van der Waals surface area contributed by atoms with Gasteiger partial charge in [-0.15, -0.1) is 11.3 Å². The SMILES string of the molecule is C[N+](C)(c1ccsc1C(=O)Nc1ccc(F)c(F)c1)S(=O)(=O)[O-]. The molecule has 1 amide bonds. The number of halogens is 2. The number of nitrogens with one attached hydrogen (secondary N) is 1. The monoisotopic (exact) mass is 362 g/mol. The molecule has 0 aliphatic carbocycles. The van der Waals surface area contributed by atoms with E-state index in [1.807, 2.05) is 0 Å². The Morgan fingerprint density at radius 1 is 1.22 bits per heavy atom. The fourth-order valence-electron chi connectivity index (χ4n) is 1.78. The summed E-state index contributed by atoms with van der Waals surface area (Å²) in [6.07, 6.45) is 0. The summed E-state index contributed by atoms with van der Waals surface area (Å²) < 4.78 is 59.1. The van der Waals surface area contributed by atoms with Crippen molar-refractivity contribution in [3.05, 3.63) is 46.2 Å². The molecule has 10 heteroatoms. The molecule has 0 radical (unpaired) electrons. The highest BCUT2D eigenvalue weighted by molar-refractivity contribution is 7.85. The molecule has 1 N–H and O–H groups in total. The van der Waals surface area contributed by atoms with E-state index < -0.39 is 31.7 Å². The van der Waals surface area contributed by atoms with Crippen LogP contribution in [0.15, 0.2) is 29.6 Å². The topological polar surface area (TPSA) is 86.3 Å². The number of hydrogen-bond acceptors (Lipinski definition) is 5. The number of quaternary nitrogens is 1. The molecule has 1 heterocycles. The molecule has 6 nitrogen and oxygen atoms in total. The number of anilines is 1. The Labute approximate surface area is 135 Å². The number of thiophene rings is 1. The third kappa shape index (κ3) is 3.39. The molecule has 0 atom stereocenters. The van der Waals surface area contributed by atoms with Crippen molar-refractivity contribution in [3.63, 3.8) is 0 Å². The Morgan fingerprint density at radius 2 is 1.87 bits per heavy atom. The van der Waals surface area contributed by atoms with Crippen molar-refractivity contribution in [1.29, 1.82) is 0 Å². The predicted octanol–water partition coefficient (Wildman–Crippen LogP) is 2.31. The summed E-state index contributed by atoms with van der Waals surface area (Å²) >= 11 is 0.928. The van der Waals surface area contributed by atoms with E-state index in [9.17, 15) is 26.5 Å². The maximum atomic E-state index is 13.1. The van der Waals surface area contributed by atoms with E-state index in [4.69, 9.17) is 0 Å². The molecule has 23 heavy (non-hydrogen) atoms. The van der Waals surface area contributed by atoms with Crippen LogP contribution in [0.3, 0.4) is 0 Å². The van der Waals surface area contributed by atoms with E-state index in [0.717, 1.165) is 43.6 Å². The first-order valence-electron chi connectivity index (χ1n) is 6.18. The second kappa shape index (κ2) is 5.96. The lowest BCUT2D eigenvalue weighted by Gasteiger charge is -2.30. The fraction of sp³-hybridized carbons (Fsp3) is 0.154. The standard InChI is InChI=1S/C13H12F2N2O4S2/c1-17(2,23(19,20)21)11-5-6-22-12(11)13(18)16-8-3-4-9(14)10(15)7-8/h3-7H,1-2H3,(H-,16,18,19,20,21). The highest BCUT2D eigenvalue weighted by Crippen LogP contribution is 2.32. The van der Waals surface area contributed by atoms with Gasteiger partial charge in [-0.1, -0.05) is 0 Å². The quantitative estimate of drug-likeness (QED) is 0.668. The minimum absolute atomic E-state index is 0.00327. The second-order valence-corrected chi connectivity index (χ2v) is 7.68. The molecule has 1 aromatic heterocycles. The number of carbonyl (C=O) groups excluding carboxylic acids is 1. The smallest absolute Gasteiger partial charge is 0.271 e. The highest BCUT2D eigenvalue weighted by Gasteiger charge is 2.33. The van der Waals surface area contributed by atoms with Crippen LogP contribution in [0.25, 0.3) is 0 Å². The lowest BCUT2D eigenvalue weighted by atomic mass is 10.3. The van der Waals surface area contributed by atoms with Crippen molar-refractivity contribution in [2.45, 2.75) is 0 Å². The van der Waals surface area contributed by atoms with Gasteiger partial charge in [-0.25, -0.2) is 8.78 Å². The van der Waals surface area contributed by atoms with E-state index in [0.29, 0.717) is 0 Å². The van der Waals surface area contributed by atoms with Crippen LogP contribution in [0.5, 0.6) is 0 Å². The van der Waals surface area contributed by atoms with Crippen LogP contribution in [0, 0.1) is 11.6 Å². The second-order valence-electron chi connectivity index (χ2n) is 5.00. The Balaban J connectivity index is 2.35. The summed E-state index contributed by atoms with van der Waals surface area (Å²) in [4.78, 5) is 12.2. The number of hydrogen-bond donors (Lipinski definition) is 1. The maximum absolute atomic E-state index is 13.1. The third-order valence-corrected chi connectivity index (χ3v) is 5.38. The molecule has 2 rings (SSSR count). The van der Waals surface area contributed by atoms with Gasteiger partial charge in [-0.2, -0.15) is 12.3 Å². The van der Waals surface area contributed by atoms with E-state index >= 15 is 0 Å². The van der Waals surface area contributed by atoms with Crippen LogP contribution in [0.4, 0.5) is 20.2 Å². The number of nitrogens with zero attached hydrogens (tertiary/aromatic N) is 1. The van der Waals surface area contributed by atoms with Crippen molar-refractivity contribution in [3.8, 4) is 0 Å². The Morgan fingerprint density at radius 3 is 2.43 bits per heavy atom. The van der Waals surface area contributed by atoms with Gasteiger partial charge >= 0.3 is 0 Å². The molecule has 0 bridgehead atoms. The first-order valence-corrected chi connectivity index (χ1v) is 8.43. The Hall–Kier alpha value is -1.88. The number of rotatable bonds is 4. The van der Waals surface area contributed by atoms with Gasteiger partial charge in [-0.05, 0) is 17.5 Å². The maximum Gasteiger partial charge on any atom is 0.271 e. The zero-order valence-corrected chi connectivity index (χ0v) is 13.7. The molecule has 1 aromatic carbocycles. The average molecular weight is 362 g/mol. The molecule has 124 valence electrons. The zero-order chi connectivity index (χ0) is 17.4. The molecule has 2 aromatic rings. The van der Waals surface area contributed by atoms with Crippen molar-refractivity contribution in [1.82, 2.24) is 3.89 Å². The first-order chi connectivity index (χ1) is 10.5. The highest BCUT2D eigenvalue weighted by atomic mass is 32.2. The summed E-state index contributed by atoms with van der Waals surface area (Å²) in [5.41, 5.74) is -0.00591. The summed E-state index contributed by atoms with van der Waals surface area (Å²) in [7, 11) is -2.49. The van der Waals surface area contributed by atoms with Gasteiger partial charge < -0.3 is 9.87 Å². The van der Waals surface area contributed by atoms with Gasteiger partial charge in [0.1, 0.15) is 0 Å². The van der Waals surface area contributed by atoms with Gasteiger partial charge in [0.25, 0.3) is 16.2 Å². The third-order valence-electron chi connectivity index (χ3n) is 3.17. The normalized spacial score (nSPS) is 12.2. The van der Waals surface area contributed by atoms with E-state index in [1.54, 1.807) is 0 Å². The van der Waals surface area contributed by atoms with Crippen molar-refractivity contribution in [2.75, 3.05) is 19.4 Å². The Kier molecular flexibility index (Phi) is 4.53. The minimum atomic E-state index is -4.76. The lowest BCUT2D eigenvalue weighted by Crippen LogP contribution is -2.46. The van der Waals surface area contributed by atoms with Crippen LogP contribution >= 0.6 is 11.3 Å². The molecular weight excluding hydrogens is 350 g/mol. The number of benzene rings is 1. The molecular formula is C13H12F2N2O4S2. The molecule has 0 aliphatic heterocycles. The largest absolute Gasteiger partial charge is 0.701 e. The van der Waals surface area contributed by atoms with Gasteiger partial charge in [0.15, 0.2) is 22.2 Å². The van der Waals surface area contributed by atoms with E-state index in [2.05, 4.69) is 5.32 Å². The number of carbonyl (C=O) groups is 1. The molecule has 0 aliphatic rings. The summed E-state index contributed by atoms with van der Waals surface area (Å²) in [6, 6.07) is 4.15. The minimum Gasteiger partial charge on any atom is -0.701 e. The zero-order valence-electron chi connectivity index (χ0n) is 12.0. The average Bonchev–Trinajstić information content (AvgIpc) is 2.91. The fourth-order valence-corrected chi connectivity index (χ4v) is 3.14. The molecule has 0 saturated carbocycles. The molecule has 0 spiro atoms. The van der Waals surface area contributed by atoms with Crippen molar-refractivity contribution < 1.29 is 26.5 Å². The van der Waals surface area contributed by atoms with Gasteiger partial charge in [0, 0.05) is 17.8 Å². The Bertz CT molecular complexity index is 863. The lowest BCUT2D eigenvalue weighted by molar-refractivity contribution is 0.103. The van der Waals surface area contributed by atoms with Crippen LogP contribution in [0.2, 0.25) is 0 Å². The van der Waals surface area contributed by atoms with Crippen molar-refractivity contribution in [2.24, 2.45) is 0 Å². The molecule has 0 saturated heterocycles. The number of amides is 1.